The van der Waals surface area contributed by atoms with Crippen LogP contribution in [0.5, 0.6) is 0 Å². The zero-order valence-electron chi connectivity index (χ0n) is 19.4. The van der Waals surface area contributed by atoms with Gasteiger partial charge in [-0.05, 0) is 18.2 Å². The van der Waals surface area contributed by atoms with Crippen molar-refractivity contribution >= 4 is 40.8 Å². The Balaban J connectivity index is 1.32. The molecule has 1 saturated heterocycles. The highest BCUT2D eigenvalue weighted by Gasteiger charge is 2.27. The van der Waals surface area contributed by atoms with Gasteiger partial charge in [0, 0.05) is 41.4 Å². The molecule has 3 heterocycles. The number of para-hydroxylation sites is 2. The molecule has 0 spiro atoms. The van der Waals surface area contributed by atoms with E-state index in [1.807, 2.05) is 84.6 Å². The van der Waals surface area contributed by atoms with E-state index in [1.54, 1.807) is 0 Å². The summed E-state index contributed by atoms with van der Waals surface area (Å²) in [5.74, 6) is 2.27. The summed E-state index contributed by atoms with van der Waals surface area (Å²) in [5, 5.41) is 14.5. The quantitative estimate of drug-likeness (QED) is 0.419. The predicted octanol–water partition coefficient (Wildman–Crippen LogP) is 4.52. The van der Waals surface area contributed by atoms with Gasteiger partial charge in [-0.25, -0.2) is 4.99 Å². The van der Waals surface area contributed by atoms with Crippen molar-refractivity contribution in [1.82, 2.24) is 10.2 Å². The van der Waals surface area contributed by atoms with E-state index in [2.05, 4.69) is 31.8 Å². The fourth-order valence-electron chi connectivity index (χ4n) is 4.42. The summed E-state index contributed by atoms with van der Waals surface area (Å²) in [4.78, 5) is 20.3. The van der Waals surface area contributed by atoms with Gasteiger partial charge in [-0.1, -0.05) is 65.8 Å². The molecule has 2 aliphatic rings. The molecule has 0 bridgehead atoms. The van der Waals surface area contributed by atoms with Gasteiger partial charge in [0.2, 0.25) is 6.17 Å². The first-order valence-corrected chi connectivity index (χ1v) is 13.0. The number of thioether (sulfide) groups is 1. The molecule has 1 fully saturated rings. The smallest absolute Gasteiger partial charge is 0.317 e. The maximum absolute atomic E-state index is 13.1. The van der Waals surface area contributed by atoms with Crippen molar-refractivity contribution in [3.8, 4) is 11.5 Å². The number of rotatable bonds is 5. The van der Waals surface area contributed by atoms with Crippen molar-refractivity contribution < 1.29 is 9.21 Å². The number of nitrogens with one attached hydrogen (secondary N) is 2. The second-order valence-electron chi connectivity index (χ2n) is 8.45. The third kappa shape index (κ3) is 4.45. The van der Waals surface area contributed by atoms with Gasteiger partial charge in [0.1, 0.15) is 0 Å². The van der Waals surface area contributed by atoms with Crippen LogP contribution in [0.25, 0.3) is 11.5 Å². The minimum atomic E-state index is -0.949. The van der Waals surface area contributed by atoms with Gasteiger partial charge in [0.25, 0.3) is 11.8 Å². The largest absolute Gasteiger partial charge is 0.403 e. The van der Waals surface area contributed by atoms with Crippen molar-refractivity contribution in [2.75, 3.05) is 40.1 Å². The molecule has 4 aromatic rings. The second-order valence-corrected chi connectivity index (χ2v) is 9.68. The number of hydrogen-bond acceptors (Lipinski definition) is 8. The van der Waals surface area contributed by atoms with E-state index >= 15 is 0 Å². The third-order valence-corrected chi connectivity index (χ3v) is 7.11. The van der Waals surface area contributed by atoms with Crippen molar-refractivity contribution in [1.29, 1.82) is 0 Å². The maximum atomic E-state index is 13.1. The highest BCUT2D eigenvalue weighted by Crippen LogP contribution is 2.32. The molecule has 3 aromatic carbocycles. The summed E-state index contributed by atoms with van der Waals surface area (Å²) in [5.41, 5.74) is 5.11. The minimum absolute atomic E-state index is 0.135. The number of nitrogens with zero attached hydrogens (tertiary/aromatic N) is 4. The fraction of sp³-hybridized carbons (Fsp3) is 0.185. The topological polar surface area (TPSA) is 95.6 Å². The highest BCUT2D eigenvalue weighted by atomic mass is 32.2. The lowest BCUT2D eigenvalue weighted by atomic mass is 10.0. The molecule has 2 N–H and O–H groups in total. The average molecular weight is 497 g/mol. The molecule has 0 radical (unpaired) electrons. The predicted molar refractivity (Wildman–Crippen MR) is 144 cm³/mol. The van der Waals surface area contributed by atoms with Crippen LogP contribution in [0.2, 0.25) is 0 Å². The summed E-state index contributed by atoms with van der Waals surface area (Å²) < 4.78 is 6.00. The number of aromatic nitrogens is 2. The van der Waals surface area contributed by atoms with Gasteiger partial charge in [0.15, 0.2) is 0 Å². The first-order valence-electron chi connectivity index (χ1n) is 11.8. The lowest BCUT2D eigenvalue weighted by molar-refractivity contribution is -0.116. The van der Waals surface area contributed by atoms with E-state index in [0.29, 0.717) is 17.3 Å². The molecule has 1 amide bonds. The number of amides is 1. The number of anilines is 3. The molecule has 9 heteroatoms. The third-order valence-electron chi connectivity index (χ3n) is 6.17. The van der Waals surface area contributed by atoms with Crippen LogP contribution in [0.3, 0.4) is 0 Å². The van der Waals surface area contributed by atoms with E-state index in [1.165, 1.54) is 0 Å². The molecule has 1 atom stereocenters. The molecule has 6 rings (SSSR count). The summed E-state index contributed by atoms with van der Waals surface area (Å²) in [6, 6.07) is 25.6. The van der Waals surface area contributed by atoms with Crippen LogP contribution >= 0.6 is 11.8 Å². The van der Waals surface area contributed by atoms with Crippen LogP contribution in [-0.4, -0.2) is 52.6 Å². The molecular weight excluding hydrogens is 472 g/mol. The molecule has 36 heavy (non-hydrogen) atoms. The van der Waals surface area contributed by atoms with Crippen LogP contribution in [0.4, 0.5) is 17.4 Å². The number of fused-ring (bicyclic) bond motifs is 1. The lowest BCUT2D eigenvalue weighted by Gasteiger charge is -2.29. The summed E-state index contributed by atoms with van der Waals surface area (Å²) in [6.07, 6.45) is -0.949. The molecule has 8 nitrogen and oxygen atoms in total. The van der Waals surface area contributed by atoms with Crippen molar-refractivity contribution in [3.05, 3.63) is 90.0 Å². The lowest BCUT2D eigenvalue weighted by Crippen LogP contribution is -2.32. The Bertz CT molecular complexity index is 1410. The Morgan fingerprint density at radius 3 is 2.44 bits per heavy atom. The van der Waals surface area contributed by atoms with Crippen LogP contribution in [-0.2, 0) is 4.79 Å². The van der Waals surface area contributed by atoms with E-state index in [-0.39, 0.29) is 11.9 Å². The monoisotopic (exact) mass is 496 g/mol. The molecular formula is C27H24N6O2S. The molecule has 180 valence electrons. The van der Waals surface area contributed by atoms with Gasteiger partial charge < -0.3 is 20.0 Å². The molecule has 1 aromatic heterocycles. The number of carbonyl (C=O) groups is 1. The van der Waals surface area contributed by atoms with Crippen molar-refractivity contribution in [2.45, 2.75) is 6.17 Å². The average Bonchev–Trinajstić information content (AvgIpc) is 3.35. The Morgan fingerprint density at radius 1 is 0.889 bits per heavy atom. The SMILES string of the molecule is O=C1Nc2ccccc2C(c2ccccc2)=NC1Nc1nnc(-c2ccccc2N2CCSCC2)o1. The Kier molecular flexibility index (Phi) is 6.13. The van der Waals surface area contributed by atoms with Gasteiger partial charge in [-0.2, -0.15) is 11.8 Å². The zero-order chi connectivity index (χ0) is 24.3. The summed E-state index contributed by atoms with van der Waals surface area (Å²) in [7, 11) is 0. The summed E-state index contributed by atoms with van der Waals surface area (Å²) in [6.45, 7) is 1.95. The van der Waals surface area contributed by atoms with E-state index in [4.69, 9.17) is 9.41 Å². The molecule has 2 aliphatic heterocycles. The number of benzene rings is 3. The van der Waals surface area contributed by atoms with E-state index < -0.39 is 6.17 Å². The normalized spacial score (nSPS) is 17.6. The van der Waals surface area contributed by atoms with Crippen LogP contribution in [0.1, 0.15) is 11.1 Å². The Labute approximate surface area is 212 Å². The molecule has 0 aliphatic carbocycles. The first-order chi connectivity index (χ1) is 17.8. The standard InChI is InChI=1S/C27H24N6O2S/c34-25-24(29-23(18-8-2-1-3-9-18)19-10-4-6-12-21(19)28-25)30-27-32-31-26(35-27)20-11-5-7-13-22(20)33-14-16-36-17-15-33/h1-13,24H,14-17H2,(H,28,34)(H,30,32). The zero-order valence-corrected chi connectivity index (χ0v) is 20.2. The number of benzodiazepines with no additional fused rings is 1. The second kappa shape index (κ2) is 9.87. The number of carbonyl (C=O) groups excluding carboxylic acids is 1. The molecule has 0 saturated carbocycles. The highest BCUT2D eigenvalue weighted by molar-refractivity contribution is 7.99. The Morgan fingerprint density at radius 2 is 1.61 bits per heavy atom. The van der Waals surface area contributed by atoms with Gasteiger partial charge in [0.05, 0.1) is 17.0 Å². The van der Waals surface area contributed by atoms with Crippen molar-refractivity contribution in [2.24, 2.45) is 4.99 Å². The molecule has 1 unspecified atom stereocenters. The number of aliphatic imine (C=N–C) groups is 1. The minimum Gasteiger partial charge on any atom is -0.403 e. The van der Waals surface area contributed by atoms with E-state index in [0.717, 1.165) is 47.0 Å². The Hall–Kier alpha value is -4.11. The van der Waals surface area contributed by atoms with Crippen LogP contribution < -0.4 is 15.5 Å². The van der Waals surface area contributed by atoms with Crippen LogP contribution in [0.15, 0.2) is 88.3 Å². The van der Waals surface area contributed by atoms with Gasteiger partial charge in [-0.15, -0.1) is 5.10 Å². The van der Waals surface area contributed by atoms with Crippen molar-refractivity contribution in [3.63, 3.8) is 0 Å². The number of hydrogen-bond donors (Lipinski definition) is 2. The van der Waals surface area contributed by atoms with Gasteiger partial charge in [-0.3, -0.25) is 4.79 Å². The fourth-order valence-corrected chi connectivity index (χ4v) is 5.33. The summed E-state index contributed by atoms with van der Waals surface area (Å²) >= 11 is 1.96. The maximum Gasteiger partial charge on any atom is 0.317 e. The van der Waals surface area contributed by atoms with Crippen LogP contribution in [0, 0.1) is 0 Å². The van der Waals surface area contributed by atoms with Gasteiger partial charge >= 0.3 is 6.01 Å². The first kappa shape index (κ1) is 22.4. The van der Waals surface area contributed by atoms with E-state index in [9.17, 15) is 4.79 Å².